The number of nitriles is 2. The Labute approximate surface area is 494 Å². The van der Waals surface area contributed by atoms with E-state index >= 15 is 0 Å². The highest BCUT2D eigenvalue weighted by molar-refractivity contribution is 5.76. The molecule has 4 aromatic rings. The quantitative estimate of drug-likeness (QED) is 0.0849. The van der Waals surface area contributed by atoms with Crippen LogP contribution in [0.15, 0.2) is 12.1 Å². The van der Waals surface area contributed by atoms with Gasteiger partial charge in [-0.3, -0.25) is 34.0 Å². The first-order valence-electron chi connectivity index (χ1n) is 28.5. The van der Waals surface area contributed by atoms with Gasteiger partial charge in [0.25, 0.3) is 0 Å². The zero-order valence-electron chi connectivity index (χ0n) is 50.3. The van der Waals surface area contributed by atoms with Crippen LogP contribution in [-0.2, 0) is 49.5 Å². The number of piperazine rings is 2. The number of rotatable bonds is 13. The Morgan fingerprint density at radius 2 is 1.01 bits per heavy atom. The number of amides is 2. The van der Waals surface area contributed by atoms with Gasteiger partial charge in [-0.05, 0) is 89.7 Å². The molecule has 0 radical (unpaired) electrons. The van der Waals surface area contributed by atoms with Crippen molar-refractivity contribution in [2.75, 3.05) is 82.8 Å². The Morgan fingerprint density at radius 1 is 0.588 bits per heavy atom. The summed E-state index contributed by atoms with van der Waals surface area (Å²) in [6, 6.07) is 6.33. The van der Waals surface area contributed by atoms with Crippen LogP contribution in [-0.4, -0.2) is 162 Å². The lowest BCUT2D eigenvalue weighted by Gasteiger charge is -2.60. The van der Waals surface area contributed by atoms with Crippen molar-refractivity contribution in [2.24, 2.45) is 0 Å². The maximum absolute atomic E-state index is 12.4. The fourth-order valence-electron chi connectivity index (χ4n) is 15.3. The molecule has 2 unspecified atom stereocenters. The number of carbonyl (C=O) groups excluding carboxylic acids is 3. The number of benzene rings is 4. The van der Waals surface area contributed by atoms with Gasteiger partial charge in [0.05, 0.1) is 50.5 Å². The predicted octanol–water partition coefficient (Wildman–Crippen LogP) is 5.49. The highest BCUT2D eigenvalue weighted by Crippen LogP contribution is 2.61. The number of fused-ring (bicyclic) bond motifs is 18. The zero-order chi connectivity index (χ0) is 60.6. The van der Waals surface area contributed by atoms with Gasteiger partial charge in [0.1, 0.15) is 23.6 Å². The van der Waals surface area contributed by atoms with Gasteiger partial charge in [-0.15, -0.1) is 0 Å². The molecule has 0 aromatic heterocycles. The first kappa shape index (κ1) is 59.0. The summed E-state index contributed by atoms with van der Waals surface area (Å²) in [7, 11) is 10.5. The van der Waals surface area contributed by atoms with Crippen molar-refractivity contribution in [3.05, 3.63) is 78.9 Å². The Morgan fingerprint density at radius 3 is 1.42 bits per heavy atom. The number of aromatic hydroxyl groups is 1. The van der Waals surface area contributed by atoms with Crippen LogP contribution in [0.5, 0.6) is 57.5 Å². The number of carbonyl (C=O) groups is 3. The number of hydrogen-bond donors (Lipinski definition) is 3. The molecule has 2 amide bonds. The Balaban J connectivity index is 0.000000177. The Kier molecular flexibility index (Phi) is 16.1. The summed E-state index contributed by atoms with van der Waals surface area (Å²) in [6.07, 6.45) is 2.14. The monoisotopic (exact) mass is 1170 g/mol. The third-order valence-corrected chi connectivity index (χ3v) is 18.5. The maximum Gasteiger partial charge on any atom is 0.308 e. The van der Waals surface area contributed by atoms with E-state index in [0.717, 1.165) is 55.6 Å². The van der Waals surface area contributed by atoms with Crippen molar-refractivity contribution in [1.29, 1.82) is 10.5 Å². The van der Waals surface area contributed by atoms with Gasteiger partial charge in [-0.1, -0.05) is 12.1 Å². The molecule has 10 atom stereocenters. The molecule has 8 aliphatic rings. The molecule has 12 rings (SSSR count). The van der Waals surface area contributed by atoms with E-state index < -0.39 is 30.1 Å². The summed E-state index contributed by atoms with van der Waals surface area (Å²) in [5, 5.41) is 38.9. The number of nitrogens with zero attached hydrogens (tertiary/aromatic N) is 6. The minimum atomic E-state index is -0.525. The van der Waals surface area contributed by atoms with Crippen LogP contribution >= 0.6 is 0 Å². The highest BCUT2D eigenvalue weighted by atomic mass is 16.7. The molecule has 0 spiro atoms. The minimum Gasteiger partial charge on any atom is -0.507 e. The van der Waals surface area contributed by atoms with Crippen LogP contribution in [0.25, 0.3) is 0 Å². The van der Waals surface area contributed by atoms with E-state index in [4.69, 9.17) is 52.1 Å². The van der Waals surface area contributed by atoms with E-state index in [0.29, 0.717) is 88.6 Å². The summed E-state index contributed by atoms with van der Waals surface area (Å²) in [5.41, 5.74) is 10.4. The number of ether oxygens (including phenoxy) is 11. The smallest absolute Gasteiger partial charge is 0.308 e. The number of phenolic OH excluding ortho intramolecular Hbond substituents is 1. The molecule has 4 bridgehead atoms. The third kappa shape index (κ3) is 9.50. The summed E-state index contributed by atoms with van der Waals surface area (Å²) in [4.78, 5) is 45.9. The standard InChI is InChI=1S/C32H38N4O8.C30H36N4O7/c1-15-8-19-9-21-23(11-33)36-22(27(35(21)5)25(19)31(28(15)40-7)41-13-39-6)10-20-26(24(36)12-34-17(3)37)32-30(42-14-43-32)16(2)29(20)44-18(4)38;1-14-7-17-8-19-21(10-31)34-20(25(33(19)4)23(17)29(27(14)38-6)39-12-37-5)9-18-24(22(34)11-32-16(3)35)30-28(40-13-41-30)15(2)26(18)36/h8,21-24,27H,9-10,12-14H2,1-7H3,(H,34,37);7,19-22,25,36H,8-9,11-13H2,1-6H3,(H,32,35)/t21-,22?,23-,24-,27-;19-,20?,21-,22-,25-/m00/s1. The van der Waals surface area contributed by atoms with E-state index in [1.807, 2.05) is 34.7 Å². The molecular formula is C62H74N8O15. The van der Waals surface area contributed by atoms with Gasteiger partial charge in [0.2, 0.25) is 25.4 Å². The van der Waals surface area contributed by atoms with Gasteiger partial charge < -0.3 is 67.8 Å². The molecule has 0 saturated carbocycles. The Bertz CT molecular complexity index is 3470. The summed E-state index contributed by atoms with van der Waals surface area (Å²) in [5.74, 6) is 4.43. The second-order valence-corrected chi connectivity index (χ2v) is 23.0. The Hall–Kier alpha value is -7.77. The van der Waals surface area contributed by atoms with Crippen LogP contribution in [0.2, 0.25) is 0 Å². The van der Waals surface area contributed by atoms with E-state index in [2.05, 4.69) is 61.6 Å². The second-order valence-electron chi connectivity index (χ2n) is 23.0. The first-order chi connectivity index (χ1) is 40.8. The number of methoxy groups -OCH3 is 4. The molecule has 452 valence electrons. The summed E-state index contributed by atoms with van der Waals surface area (Å²) < 4.78 is 64.3. The zero-order valence-corrected chi connectivity index (χ0v) is 50.3. The van der Waals surface area contributed by atoms with E-state index in [1.165, 1.54) is 20.8 Å². The number of hydrogen-bond acceptors (Lipinski definition) is 21. The molecule has 8 aliphatic heterocycles. The summed E-state index contributed by atoms with van der Waals surface area (Å²) >= 11 is 0. The molecule has 0 aliphatic carbocycles. The lowest BCUT2D eigenvalue weighted by Crippen LogP contribution is -2.68. The number of aryl methyl sites for hydroxylation is 2. The van der Waals surface area contributed by atoms with Crippen molar-refractivity contribution < 1.29 is 71.6 Å². The van der Waals surface area contributed by atoms with Crippen LogP contribution in [0.4, 0.5) is 0 Å². The topological polar surface area (TPSA) is 258 Å². The van der Waals surface area contributed by atoms with Gasteiger partial charge in [-0.2, -0.15) is 10.5 Å². The number of phenols is 1. The summed E-state index contributed by atoms with van der Waals surface area (Å²) in [6.45, 7) is 12.6. The number of esters is 1. The van der Waals surface area contributed by atoms with Crippen molar-refractivity contribution in [1.82, 2.24) is 30.2 Å². The predicted molar refractivity (Wildman–Crippen MR) is 304 cm³/mol. The average molecular weight is 1170 g/mol. The average Bonchev–Trinajstić information content (AvgIpc) is 1.26. The van der Waals surface area contributed by atoms with Crippen LogP contribution in [0.1, 0.15) is 112 Å². The highest BCUT2D eigenvalue weighted by Gasteiger charge is 2.59. The van der Waals surface area contributed by atoms with E-state index in [-0.39, 0.29) is 94.1 Å². The van der Waals surface area contributed by atoms with Crippen molar-refractivity contribution >= 4 is 17.8 Å². The van der Waals surface area contributed by atoms with Gasteiger partial charge >= 0.3 is 5.97 Å². The van der Waals surface area contributed by atoms with Crippen molar-refractivity contribution in [2.45, 2.75) is 135 Å². The lowest BCUT2D eigenvalue weighted by molar-refractivity contribution is -0.132. The van der Waals surface area contributed by atoms with Gasteiger partial charge in [-0.25, -0.2) is 0 Å². The third-order valence-electron chi connectivity index (χ3n) is 18.5. The first-order valence-corrected chi connectivity index (χ1v) is 28.5. The molecule has 3 N–H and O–H groups in total. The maximum atomic E-state index is 12.4. The van der Waals surface area contributed by atoms with Gasteiger partial charge in [0.15, 0.2) is 59.6 Å². The molecule has 2 saturated heterocycles. The molecule has 85 heavy (non-hydrogen) atoms. The fourth-order valence-corrected chi connectivity index (χ4v) is 15.3. The minimum absolute atomic E-state index is 0.0187. The van der Waals surface area contributed by atoms with Crippen LogP contribution in [0.3, 0.4) is 0 Å². The number of nitrogens with one attached hydrogen (secondary N) is 2. The van der Waals surface area contributed by atoms with Crippen molar-refractivity contribution in [3.8, 4) is 69.6 Å². The van der Waals surface area contributed by atoms with Crippen molar-refractivity contribution in [3.63, 3.8) is 0 Å². The van der Waals surface area contributed by atoms with E-state index in [9.17, 15) is 30.0 Å². The molecule has 23 nitrogen and oxygen atoms in total. The molecule has 8 heterocycles. The number of likely N-dealkylation sites (N-methyl/N-ethyl adjacent to an activating group) is 2. The van der Waals surface area contributed by atoms with Gasteiger partial charge in [0, 0.05) is 117 Å². The largest absolute Gasteiger partial charge is 0.507 e. The molecule has 2 fully saturated rings. The van der Waals surface area contributed by atoms with E-state index in [1.54, 1.807) is 28.4 Å². The van der Waals surface area contributed by atoms with Crippen LogP contribution in [0, 0.1) is 50.4 Å². The van der Waals surface area contributed by atoms with Crippen LogP contribution < -0.4 is 53.3 Å². The normalized spacial score (nSPS) is 25.4. The molecule has 23 heteroatoms. The second kappa shape index (κ2) is 23.2. The SMILES string of the molecule is COCOc1c(OC)c(C)cc2c1[C@@H]1C3Cc4c(O)c(C)c5c(c4[C@H](CNC(C)=O)N3[C@@H](C#N)[C@H](C2)N1C)OCO5.COCOc1c(OC)c(C)cc2c1[C@@H]1C3Cc4c(OC(C)=O)c(C)c5c(c4[C@H](CNC(C)=O)N3[C@@H](C#N)[C@H](C2)N1C)OCO5. The molecule has 4 aromatic carbocycles. The fraction of sp³-hybridized carbons (Fsp3) is 0.532. The lowest BCUT2D eigenvalue weighted by atomic mass is 9.71. The molecular weight excluding hydrogens is 1100 g/mol.